The Kier molecular flexibility index (Phi) is 5.80. The van der Waals surface area contributed by atoms with Crippen molar-refractivity contribution in [1.82, 2.24) is 19.9 Å². The lowest BCUT2D eigenvalue weighted by Crippen LogP contribution is -2.40. The van der Waals surface area contributed by atoms with Gasteiger partial charge in [0.25, 0.3) is 0 Å². The van der Waals surface area contributed by atoms with Crippen molar-refractivity contribution >= 4 is 22.8 Å². The summed E-state index contributed by atoms with van der Waals surface area (Å²) in [6, 6.07) is 0. The van der Waals surface area contributed by atoms with E-state index in [4.69, 9.17) is 15.5 Å². The molecule has 28 heavy (non-hydrogen) atoms. The number of rotatable bonds is 6. The van der Waals surface area contributed by atoms with Crippen LogP contribution in [0, 0.1) is 0 Å². The van der Waals surface area contributed by atoms with Gasteiger partial charge in [0.05, 0.1) is 18.7 Å². The van der Waals surface area contributed by atoms with E-state index in [1.807, 2.05) is 4.90 Å². The molecular formula is C21H31N5O2. The third-order valence-corrected chi connectivity index (χ3v) is 6.00. The molecule has 152 valence electrons. The SMILES string of the molecule is CCCc1nc2c(N)nc3c(c2[nH]1)C(CCCC(=O)N1CCOCC1)CCC3. The Morgan fingerprint density at radius 1 is 1.32 bits per heavy atom. The van der Waals surface area contributed by atoms with Crippen LogP contribution >= 0.6 is 0 Å². The molecule has 1 amide bonds. The topological polar surface area (TPSA) is 97.1 Å². The van der Waals surface area contributed by atoms with Gasteiger partial charge < -0.3 is 20.4 Å². The molecule has 1 aliphatic carbocycles. The summed E-state index contributed by atoms with van der Waals surface area (Å²) in [4.78, 5) is 27.3. The zero-order chi connectivity index (χ0) is 19.5. The lowest BCUT2D eigenvalue weighted by atomic mass is 9.81. The Balaban J connectivity index is 1.49. The summed E-state index contributed by atoms with van der Waals surface area (Å²) in [6.07, 6.45) is 7.73. The van der Waals surface area contributed by atoms with Crippen LogP contribution in [-0.2, 0) is 22.4 Å². The van der Waals surface area contributed by atoms with Crippen molar-refractivity contribution in [2.24, 2.45) is 0 Å². The molecule has 2 aromatic heterocycles. The number of anilines is 1. The van der Waals surface area contributed by atoms with Crippen LogP contribution < -0.4 is 5.73 Å². The molecule has 3 N–H and O–H groups in total. The summed E-state index contributed by atoms with van der Waals surface area (Å²) < 4.78 is 5.34. The molecule has 3 heterocycles. The number of aromatic amines is 1. The number of carbonyl (C=O) groups is 1. The number of nitrogen functional groups attached to an aromatic ring is 1. The van der Waals surface area contributed by atoms with E-state index in [0.29, 0.717) is 31.4 Å². The lowest BCUT2D eigenvalue weighted by molar-refractivity contribution is -0.135. The smallest absolute Gasteiger partial charge is 0.222 e. The number of nitrogens with two attached hydrogens (primary N) is 1. The first-order valence-corrected chi connectivity index (χ1v) is 10.7. The highest BCUT2D eigenvalue weighted by Crippen LogP contribution is 2.39. The number of morpholine rings is 1. The van der Waals surface area contributed by atoms with Gasteiger partial charge in [-0.2, -0.15) is 0 Å². The van der Waals surface area contributed by atoms with Crippen molar-refractivity contribution in [3.8, 4) is 0 Å². The normalized spacial score (nSPS) is 19.8. The quantitative estimate of drug-likeness (QED) is 0.797. The van der Waals surface area contributed by atoms with Crippen molar-refractivity contribution in [2.45, 2.75) is 64.2 Å². The molecule has 1 saturated heterocycles. The standard InChI is InChI=1S/C21H31N5O2/c1-2-5-16-24-19-18-14(6-3-8-15(18)23-21(22)20(19)25-16)7-4-9-17(27)26-10-12-28-13-11-26/h14H,2-13H2,1H3,(H2,22,23)(H,24,25). The van der Waals surface area contributed by atoms with E-state index in [1.54, 1.807) is 0 Å². The van der Waals surface area contributed by atoms with E-state index >= 15 is 0 Å². The van der Waals surface area contributed by atoms with E-state index in [1.165, 1.54) is 5.56 Å². The van der Waals surface area contributed by atoms with Crippen LogP contribution in [0.15, 0.2) is 0 Å². The molecule has 0 saturated carbocycles. The Morgan fingerprint density at radius 3 is 2.93 bits per heavy atom. The second-order valence-corrected chi connectivity index (χ2v) is 7.99. The molecule has 1 atom stereocenters. The van der Waals surface area contributed by atoms with Crippen LogP contribution in [0.25, 0.3) is 11.0 Å². The number of nitrogens with zero attached hydrogens (tertiary/aromatic N) is 3. The monoisotopic (exact) mass is 385 g/mol. The number of hydrogen-bond donors (Lipinski definition) is 2. The van der Waals surface area contributed by atoms with Crippen LogP contribution in [0.2, 0.25) is 0 Å². The first-order valence-electron chi connectivity index (χ1n) is 10.7. The van der Waals surface area contributed by atoms with Crippen molar-refractivity contribution in [2.75, 3.05) is 32.0 Å². The van der Waals surface area contributed by atoms with E-state index in [9.17, 15) is 4.79 Å². The molecule has 4 rings (SSSR count). The number of aromatic nitrogens is 3. The number of fused-ring (bicyclic) bond motifs is 3. The van der Waals surface area contributed by atoms with Gasteiger partial charge in [-0.15, -0.1) is 0 Å². The molecule has 7 nitrogen and oxygen atoms in total. The predicted octanol–water partition coefficient (Wildman–Crippen LogP) is 2.94. The Bertz CT molecular complexity index is 841. The van der Waals surface area contributed by atoms with Crippen LogP contribution in [-0.4, -0.2) is 52.1 Å². The summed E-state index contributed by atoms with van der Waals surface area (Å²) in [5.74, 6) is 2.21. The number of aryl methyl sites for hydroxylation is 2. The molecule has 2 aromatic rings. The van der Waals surface area contributed by atoms with Crippen LogP contribution in [0.3, 0.4) is 0 Å². The Labute approximate surface area is 166 Å². The van der Waals surface area contributed by atoms with Gasteiger partial charge in [0.1, 0.15) is 11.3 Å². The summed E-state index contributed by atoms with van der Waals surface area (Å²) in [5.41, 5.74) is 10.5. The zero-order valence-corrected chi connectivity index (χ0v) is 16.8. The number of H-pyrrole nitrogens is 1. The van der Waals surface area contributed by atoms with E-state index < -0.39 is 0 Å². The molecule has 1 unspecified atom stereocenters. The third kappa shape index (κ3) is 3.85. The maximum absolute atomic E-state index is 12.4. The average molecular weight is 386 g/mol. The zero-order valence-electron chi connectivity index (χ0n) is 16.8. The number of pyridine rings is 1. The second-order valence-electron chi connectivity index (χ2n) is 7.99. The molecule has 0 bridgehead atoms. The van der Waals surface area contributed by atoms with Gasteiger partial charge in [0.2, 0.25) is 5.91 Å². The molecule has 0 aromatic carbocycles. The summed E-state index contributed by atoms with van der Waals surface area (Å²) in [7, 11) is 0. The molecule has 1 fully saturated rings. The first-order chi connectivity index (χ1) is 13.7. The fraction of sp³-hybridized carbons (Fsp3) is 0.667. The van der Waals surface area contributed by atoms with Gasteiger partial charge in [0.15, 0.2) is 5.82 Å². The Hall–Kier alpha value is -2.15. The van der Waals surface area contributed by atoms with Crippen molar-refractivity contribution in [1.29, 1.82) is 0 Å². The number of imidazole rings is 1. The van der Waals surface area contributed by atoms with Gasteiger partial charge in [-0.25, -0.2) is 9.97 Å². The summed E-state index contributed by atoms with van der Waals surface area (Å²) in [6.45, 7) is 4.92. The van der Waals surface area contributed by atoms with E-state index in [-0.39, 0.29) is 5.91 Å². The highest BCUT2D eigenvalue weighted by Gasteiger charge is 2.27. The summed E-state index contributed by atoms with van der Waals surface area (Å²) >= 11 is 0. The largest absolute Gasteiger partial charge is 0.382 e. The molecule has 0 radical (unpaired) electrons. The number of amides is 1. The molecule has 1 aliphatic heterocycles. The van der Waals surface area contributed by atoms with Crippen molar-refractivity contribution in [3.63, 3.8) is 0 Å². The summed E-state index contributed by atoms with van der Waals surface area (Å²) in [5, 5.41) is 0. The molecule has 0 spiro atoms. The fourth-order valence-electron chi connectivity index (χ4n) is 4.61. The predicted molar refractivity (Wildman–Crippen MR) is 109 cm³/mol. The average Bonchev–Trinajstić information content (AvgIpc) is 3.13. The maximum atomic E-state index is 12.4. The first kappa shape index (κ1) is 19.2. The number of nitrogens with one attached hydrogen (secondary N) is 1. The van der Waals surface area contributed by atoms with Gasteiger partial charge in [-0.1, -0.05) is 6.92 Å². The number of ether oxygens (including phenoxy) is 1. The maximum Gasteiger partial charge on any atom is 0.222 e. The minimum absolute atomic E-state index is 0.256. The minimum atomic E-state index is 0.256. The molecule has 7 heteroatoms. The van der Waals surface area contributed by atoms with E-state index in [0.717, 1.165) is 80.6 Å². The van der Waals surface area contributed by atoms with Gasteiger partial charge >= 0.3 is 0 Å². The van der Waals surface area contributed by atoms with Crippen molar-refractivity contribution < 1.29 is 9.53 Å². The van der Waals surface area contributed by atoms with Crippen LogP contribution in [0.1, 0.15) is 68.4 Å². The highest BCUT2D eigenvalue weighted by molar-refractivity contribution is 5.88. The van der Waals surface area contributed by atoms with E-state index in [2.05, 4.69) is 16.9 Å². The minimum Gasteiger partial charge on any atom is -0.382 e. The molecule has 2 aliphatic rings. The van der Waals surface area contributed by atoms with Crippen molar-refractivity contribution in [3.05, 3.63) is 17.1 Å². The molecular weight excluding hydrogens is 354 g/mol. The second kappa shape index (κ2) is 8.47. The highest BCUT2D eigenvalue weighted by atomic mass is 16.5. The third-order valence-electron chi connectivity index (χ3n) is 6.00. The lowest BCUT2D eigenvalue weighted by Gasteiger charge is -2.28. The number of carbonyl (C=O) groups excluding carboxylic acids is 1. The van der Waals surface area contributed by atoms with Crippen LogP contribution in [0.5, 0.6) is 0 Å². The Morgan fingerprint density at radius 2 is 2.14 bits per heavy atom. The van der Waals surface area contributed by atoms with Crippen LogP contribution in [0.4, 0.5) is 5.82 Å². The van der Waals surface area contributed by atoms with Gasteiger partial charge in [-0.3, -0.25) is 4.79 Å². The fourth-order valence-corrected chi connectivity index (χ4v) is 4.61. The van der Waals surface area contributed by atoms with Gasteiger partial charge in [0, 0.05) is 37.2 Å². The number of hydrogen-bond acceptors (Lipinski definition) is 5. The van der Waals surface area contributed by atoms with Gasteiger partial charge in [-0.05, 0) is 44.4 Å².